The normalized spacial score (nSPS) is 12.9. The fourth-order valence-electron chi connectivity index (χ4n) is 1.19. The molecule has 0 saturated heterocycles. The quantitative estimate of drug-likeness (QED) is 0.798. The molecular weight excluding hydrogens is 299 g/mol. The second kappa shape index (κ2) is 4.02. The molecule has 2 aromatic rings. The molecule has 0 N–H and O–H groups in total. The van der Waals surface area contributed by atoms with Gasteiger partial charge in [-0.1, -0.05) is 0 Å². The van der Waals surface area contributed by atoms with Crippen molar-refractivity contribution in [2.24, 2.45) is 0 Å². The van der Waals surface area contributed by atoms with E-state index in [0.717, 1.165) is 18.2 Å². The Balaban J connectivity index is 2.46. The zero-order valence-corrected chi connectivity index (χ0v) is 9.80. The number of fused-ring (bicyclic) bond motifs is 1. The van der Waals surface area contributed by atoms with E-state index in [9.17, 15) is 21.6 Å². The van der Waals surface area contributed by atoms with Crippen LogP contribution in [0.5, 0.6) is 5.75 Å². The maximum atomic E-state index is 12.0. The Hall–Kier alpha value is -1.48. The van der Waals surface area contributed by atoms with E-state index in [-0.39, 0.29) is 11.1 Å². The minimum absolute atomic E-state index is 0.0451. The van der Waals surface area contributed by atoms with E-state index in [1.807, 2.05) is 0 Å². The van der Waals surface area contributed by atoms with Crippen molar-refractivity contribution in [1.82, 2.24) is 4.98 Å². The Labute approximate surface area is 103 Å². The van der Waals surface area contributed by atoms with Crippen molar-refractivity contribution in [3.63, 3.8) is 0 Å². The summed E-state index contributed by atoms with van der Waals surface area (Å²) in [4.78, 5) is 3.50. The van der Waals surface area contributed by atoms with Gasteiger partial charge in [0.2, 0.25) is 0 Å². The molecule has 0 aliphatic rings. The van der Waals surface area contributed by atoms with Crippen molar-refractivity contribution in [2.45, 2.75) is 11.6 Å². The molecule has 1 aromatic heterocycles. The summed E-state index contributed by atoms with van der Waals surface area (Å²) in [6.45, 7) is 0. The van der Waals surface area contributed by atoms with Gasteiger partial charge in [-0.2, -0.15) is 4.98 Å². The predicted molar refractivity (Wildman–Crippen MR) is 53.7 cm³/mol. The molecule has 10 heteroatoms. The van der Waals surface area contributed by atoms with Crippen molar-refractivity contribution in [2.75, 3.05) is 0 Å². The van der Waals surface area contributed by atoms with Crippen LogP contribution in [0.1, 0.15) is 0 Å². The molecule has 0 saturated carbocycles. The first-order valence-electron chi connectivity index (χ1n) is 4.26. The van der Waals surface area contributed by atoms with Crippen LogP contribution in [0.2, 0.25) is 0 Å². The van der Waals surface area contributed by atoms with Gasteiger partial charge in [-0.25, -0.2) is 8.42 Å². The lowest BCUT2D eigenvalue weighted by atomic mass is 10.3. The van der Waals surface area contributed by atoms with E-state index in [4.69, 9.17) is 15.1 Å². The van der Waals surface area contributed by atoms with Crippen LogP contribution < -0.4 is 4.74 Å². The first kappa shape index (κ1) is 13.0. The number of aromatic nitrogens is 1. The van der Waals surface area contributed by atoms with Crippen LogP contribution in [0, 0.1) is 0 Å². The third-order valence-electron chi connectivity index (χ3n) is 1.78. The molecule has 0 bridgehead atoms. The molecule has 0 atom stereocenters. The van der Waals surface area contributed by atoms with Crippen LogP contribution in [0.4, 0.5) is 13.2 Å². The topological polar surface area (TPSA) is 69.4 Å². The van der Waals surface area contributed by atoms with E-state index in [1.54, 1.807) is 0 Å². The van der Waals surface area contributed by atoms with Gasteiger partial charge in [-0.05, 0) is 12.1 Å². The summed E-state index contributed by atoms with van der Waals surface area (Å²) in [6.07, 6.45) is -4.85. The Morgan fingerprint density at radius 2 is 2.00 bits per heavy atom. The Morgan fingerprint density at radius 3 is 2.56 bits per heavy atom. The van der Waals surface area contributed by atoms with Gasteiger partial charge in [-0.15, -0.1) is 13.2 Å². The summed E-state index contributed by atoms with van der Waals surface area (Å²) >= 11 is 0. The lowest BCUT2D eigenvalue weighted by Gasteiger charge is -2.07. The molecule has 0 unspecified atom stereocenters. The molecule has 0 aliphatic heterocycles. The highest BCUT2D eigenvalue weighted by atomic mass is 35.7. The average molecular weight is 302 g/mol. The predicted octanol–water partition coefficient (Wildman–Crippen LogP) is 2.65. The van der Waals surface area contributed by atoms with Gasteiger partial charge < -0.3 is 9.15 Å². The molecule has 0 spiro atoms. The minimum atomic E-state index is -4.85. The van der Waals surface area contributed by atoms with Crippen molar-refractivity contribution < 1.29 is 30.7 Å². The second-order valence-corrected chi connectivity index (χ2v) is 5.54. The highest BCUT2D eigenvalue weighted by Gasteiger charge is 2.31. The average Bonchev–Trinajstić information content (AvgIpc) is 2.57. The van der Waals surface area contributed by atoms with Crippen LogP contribution >= 0.6 is 10.7 Å². The molecule has 0 radical (unpaired) electrons. The molecule has 0 aliphatic carbocycles. The van der Waals surface area contributed by atoms with E-state index in [1.165, 1.54) is 0 Å². The van der Waals surface area contributed by atoms with E-state index < -0.39 is 26.4 Å². The van der Waals surface area contributed by atoms with Gasteiger partial charge in [0.05, 0.1) is 0 Å². The lowest BCUT2D eigenvalue weighted by Crippen LogP contribution is -2.16. The van der Waals surface area contributed by atoms with Gasteiger partial charge in [0.25, 0.3) is 0 Å². The zero-order chi connectivity index (χ0) is 13.6. The maximum absolute atomic E-state index is 12.0. The SMILES string of the molecule is O=S(=O)(Cl)c1nc2ccc(OC(F)(F)F)cc2o1. The van der Waals surface area contributed by atoms with Gasteiger partial charge in [-0.3, -0.25) is 0 Å². The maximum Gasteiger partial charge on any atom is 0.573 e. The van der Waals surface area contributed by atoms with E-state index >= 15 is 0 Å². The van der Waals surface area contributed by atoms with Gasteiger partial charge >= 0.3 is 20.6 Å². The van der Waals surface area contributed by atoms with Gasteiger partial charge in [0, 0.05) is 16.7 Å². The van der Waals surface area contributed by atoms with Crippen LogP contribution in [0.15, 0.2) is 27.8 Å². The summed E-state index contributed by atoms with van der Waals surface area (Å²) in [7, 11) is 0.800. The fraction of sp³-hybridized carbons (Fsp3) is 0.125. The monoisotopic (exact) mass is 301 g/mol. The molecule has 0 fully saturated rings. The Kier molecular flexibility index (Phi) is 2.90. The molecule has 0 amide bonds. The number of alkyl halides is 3. The van der Waals surface area contributed by atoms with E-state index in [0.29, 0.717) is 0 Å². The molecule has 1 heterocycles. The first-order valence-corrected chi connectivity index (χ1v) is 6.57. The highest BCUT2D eigenvalue weighted by molar-refractivity contribution is 8.13. The van der Waals surface area contributed by atoms with Gasteiger partial charge in [0.1, 0.15) is 11.3 Å². The van der Waals surface area contributed by atoms with Crippen LogP contribution in [0.25, 0.3) is 11.1 Å². The number of benzene rings is 1. The number of nitrogens with zero attached hydrogens (tertiary/aromatic N) is 1. The minimum Gasteiger partial charge on any atom is -0.427 e. The second-order valence-electron chi connectivity index (χ2n) is 3.09. The van der Waals surface area contributed by atoms with Crippen molar-refractivity contribution >= 4 is 30.8 Å². The largest absolute Gasteiger partial charge is 0.573 e. The van der Waals surface area contributed by atoms with Crippen molar-refractivity contribution in [3.8, 4) is 5.75 Å². The highest BCUT2D eigenvalue weighted by Crippen LogP contribution is 2.28. The number of ether oxygens (including phenoxy) is 1. The van der Waals surface area contributed by atoms with E-state index in [2.05, 4.69) is 9.72 Å². The first-order chi connectivity index (χ1) is 8.15. The number of hydrogen-bond acceptors (Lipinski definition) is 5. The third kappa shape index (κ3) is 2.85. The van der Waals surface area contributed by atoms with Crippen LogP contribution in [-0.2, 0) is 9.05 Å². The molecular formula is C8H3ClF3NO4S. The summed E-state index contributed by atoms with van der Waals surface area (Å²) in [5, 5.41) is -0.789. The Bertz CT molecular complexity index is 694. The zero-order valence-electron chi connectivity index (χ0n) is 8.23. The van der Waals surface area contributed by atoms with Crippen LogP contribution in [-0.4, -0.2) is 19.8 Å². The van der Waals surface area contributed by atoms with Crippen molar-refractivity contribution in [1.29, 1.82) is 0 Å². The number of rotatable bonds is 2. The summed E-state index contributed by atoms with van der Waals surface area (Å²) < 4.78 is 66.0. The van der Waals surface area contributed by atoms with Crippen molar-refractivity contribution in [3.05, 3.63) is 18.2 Å². The number of halogens is 4. The molecule has 18 heavy (non-hydrogen) atoms. The Morgan fingerprint density at radius 1 is 1.33 bits per heavy atom. The molecule has 2 rings (SSSR count). The number of hydrogen-bond donors (Lipinski definition) is 0. The standard InChI is InChI=1S/C8H3ClF3NO4S/c9-18(14,15)7-13-5-2-1-4(3-6(5)16-7)17-8(10,11)12/h1-3H. The molecule has 98 valence electrons. The number of oxazole rings is 1. The smallest absolute Gasteiger partial charge is 0.427 e. The third-order valence-corrected chi connectivity index (χ3v) is 2.77. The fourth-order valence-corrected chi connectivity index (χ4v) is 1.78. The molecule has 1 aromatic carbocycles. The summed E-state index contributed by atoms with van der Waals surface area (Å²) in [6, 6.07) is 2.95. The summed E-state index contributed by atoms with van der Waals surface area (Å²) in [5.74, 6) is -0.551. The van der Waals surface area contributed by atoms with Gasteiger partial charge in [0.15, 0.2) is 5.58 Å². The van der Waals surface area contributed by atoms with Crippen LogP contribution in [0.3, 0.4) is 0 Å². The molecule has 5 nitrogen and oxygen atoms in total. The summed E-state index contributed by atoms with van der Waals surface area (Å²) in [5.41, 5.74) is -0.139. The lowest BCUT2D eigenvalue weighted by molar-refractivity contribution is -0.274.